The van der Waals surface area contributed by atoms with Gasteiger partial charge in [0, 0.05) is 0 Å². The second-order valence-electron chi connectivity index (χ2n) is 6.80. The minimum atomic E-state index is -0.615. The van der Waals surface area contributed by atoms with Crippen molar-refractivity contribution in [3.8, 4) is 10.8 Å². The van der Waals surface area contributed by atoms with E-state index < -0.39 is 12.1 Å². The molecule has 0 bridgehead atoms. The molecule has 0 aliphatic carbocycles. The molecule has 2 heterocycles. The summed E-state index contributed by atoms with van der Waals surface area (Å²) in [4.78, 5) is 13.2. The van der Waals surface area contributed by atoms with Gasteiger partial charge >= 0.3 is 5.97 Å². The fraction of sp³-hybridized carbons (Fsp3) is 0.316. The van der Waals surface area contributed by atoms with Crippen molar-refractivity contribution in [1.82, 2.24) is 10.2 Å². The Morgan fingerprint density at radius 2 is 1.88 bits per heavy atom. The molecule has 3 aromatic rings. The number of rotatable bonds is 4. The van der Waals surface area contributed by atoms with E-state index in [0.29, 0.717) is 11.5 Å². The molecule has 3 rings (SSSR count). The number of carbonyl (C=O) groups is 1. The third-order valence-corrected chi connectivity index (χ3v) is 4.65. The number of benzene rings is 1. The van der Waals surface area contributed by atoms with E-state index in [4.69, 9.17) is 9.15 Å². The molecule has 1 atom stereocenters. The molecule has 0 aliphatic rings. The molecule has 0 amide bonds. The summed E-state index contributed by atoms with van der Waals surface area (Å²) in [6.07, 6.45) is -0.615. The van der Waals surface area contributed by atoms with Crippen molar-refractivity contribution in [3.63, 3.8) is 0 Å². The Bertz CT molecular complexity index is 846. The Balaban J connectivity index is 1.68. The van der Waals surface area contributed by atoms with Crippen LogP contribution in [0.25, 0.3) is 10.8 Å². The molecule has 0 fully saturated rings. The van der Waals surface area contributed by atoms with E-state index >= 15 is 0 Å². The first-order chi connectivity index (χ1) is 11.8. The highest BCUT2D eigenvalue weighted by Gasteiger charge is 2.21. The summed E-state index contributed by atoms with van der Waals surface area (Å²) in [6, 6.07) is 11.3. The predicted octanol–water partition coefficient (Wildman–Crippen LogP) is 5.01. The first kappa shape index (κ1) is 17.4. The molecule has 1 aromatic carbocycles. The summed E-state index contributed by atoms with van der Waals surface area (Å²) in [5.41, 5.74) is 1.70. The Morgan fingerprint density at radius 1 is 1.16 bits per heavy atom. The Labute approximate surface area is 150 Å². The van der Waals surface area contributed by atoms with Gasteiger partial charge in [-0.15, -0.1) is 21.5 Å². The van der Waals surface area contributed by atoms with Crippen molar-refractivity contribution in [3.05, 3.63) is 58.8 Å². The predicted molar refractivity (Wildman–Crippen MR) is 96.6 cm³/mol. The first-order valence-corrected chi connectivity index (χ1v) is 8.91. The highest BCUT2D eigenvalue weighted by Crippen LogP contribution is 2.27. The highest BCUT2D eigenvalue weighted by atomic mass is 32.1. The number of carbonyl (C=O) groups excluding carboxylic acids is 1. The van der Waals surface area contributed by atoms with Crippen LogP contribution in [0.4, 0.5) is 0 Å². The second-order valence-corrected chi connectivity index (χ2v) is 7.75. The maximum Gasteiger partial charge on any atom is 0.338 e. The average Bonchev–Trinajstić information content (AvgIpc) is 3.25. The molecule has 0 radical (unpaired) electrons. The van der Waals surface area contributed by atoms with E-state index in [0.717, 1.165) is 10.4 Å². The molecule has 5 nitrogen and oxygen atoms in total. The van der Waals surface area contributed by atoms with E-state index in [1.807, 2.05) is 29.6 Å². The van der Waals surface area contributed by atoms with Crippen LogP contribution in [0.5, 0.6) is 0 Å². The van der Waals surface area contributed by atoms with Crippen LogP contribution in [0.15, 0.2) is 46.2 Å². The lowest BCUT2D eigenvalue weighted by molar-refractivity contribution is 0.0280. The minimum Gasteiger partial charge on any atom is -0.449 e. The highest BCUT2D eigenvalue weighted by molar-refractivity contribution is 7.13. The van der Waals surface area contributed by atoms with Gasteiger partial charge in [0.05, 0.1) is 10.4 Å². The van der Waals surface area contributed by atoms with Gasteiger partial charge in [-0.05, 0) is 41.5 Å². The van der Waals surface area contributed by atoms with Crippen LogP contribution in [0.3, 0.4) is 0 Å². The van der Waals surface area contributed by atoms with Crippen molar-refractivity contribution in [2.45, 2.75) is 39.2 Å². The third kappa shape index (κ3) is 3.96. The van der Waals surface area contributed by atoms with Crippen molar-refractivity contribution in [2.24, 2.45) is 0 Å². The largest absolute Gasteiger partial charge is 0.449 e. The summed E-state index contributed by atoms with van der Waals surface area (Å²) in [6.45, 7) is 8.10. The number of ether oxygens (including phenoxy) is 1. The van der Waals surface area contributed by atoms with Crippen molar-refractivity contribution in [2.75, 3.05) is 0 Å². The van der Waals surface area contributed by atoms with E-state index in [-0.39, 0.29) is 11.3 Å². The SMILES string of the molecule is C[C@@H](OC(=O)c1ccc(C(C)(C)C)cc1)c1nnc(-c2cccs2)o1. The van der Waals surface area contributed by atoms with Gasteiger partial charge in [0.25, 0.3) is 11.8 Å². The number of nitrogens with zero attached hydrogens (tertiary/aromatic N) is 2. The lowest BCUT2D eigenvalue weighted by Crippen LogP contribution is -2.13. The molecule has 25 heavy (non-hydrogen) atoms. The Hall–Kier alpha value is -2.47. The fourth-order valence-electron chi connectivity index (χ4n) is 2.28. The van der Waals surface area contributed by atoms with E-state index in [1.54, 1.807) is 19.1 Å². The van der Waals surface area contributed by atoms with Crippen LogP contribution in [-0.4, -0.2) is 16.2 Å². The molecule has 130 valence electrons. The van der Waals surface area contributed by atoms with Crippen LogP contribution in [0.2, 0.25) is 0 Å². The minimum absolute atomic E-state index is 0.0394. The smallest absolute Gasteiger partial charge is 0.338 e. The van der Waals surface area contributed by atoms with Crippen LogP contribution in [-0.2, 0) is 10.2 Å². The lowest BCUT2D eigenvalue weighted by Gasteiger charge is -2.19. The molecular weight excluding hydrogens is 336 g/mol. The number of hydrogen-bond acceptors (Lipinski definition) is 6. The molecule has 0 unspecified atom stereocenters. The summed E-state index contributed by atoms with van der Waals surface area (Å²) in [7, 11) is 0. The first-order valence-electron chi connectivity index (χ1n) is 8.03. The van der Waals surface area contributed by atoms with Crippen LogP contribution >= 0.6 is 11.3 Å². The van der Waals surface area contributed by atoms with Crippen molar-refractivity contribution >= 4 is 17.3 Å². The average molecular weight is 356 g/mol. The van der Waals surface area contributed by atoms with Gasteiger partial charge in [0.15, 0.2) is 6.10 Å². The zero-order valence-corrected chi connectivity index (χ0v) is 15.5. The summed E-state index contributed by atoms with van der Waals surface area (Å²) >= 11 is 1.51. The molecule has 0 aliphatic heterocycles. The normalized spacial score (nSPS) is 12.8. The standard InChI is InChI=1S/C19H20N2O3S/c1-12(16-20-21-17(24-16)15-6-5-11-25-15)23-18(22)13-7-9-14(10-8-13)19(2,3)4/h5-12H,1-4H3/t12-/m1/s1. The maximum absolute atomic E-state index is 12.3. The van der Waals surface area contributed by atoms with Crippen LogP contribution in [0.1, 0.15) is 55.6 Å². The number of thiophene rings is 1. The van der Waals surface area contributed by atoms with E-state index in [9.17, 15) is 4.79 Å². The monoisotopic (exact) mass is 356 g/mol. The second kappa shape index (κ2) is 6.80. The molecule has 0 saturated heterocycles. The summed E-state index contributed by atoms with van der Waals surface area (Å²) < 4.78 is 11.0. The molecule has 0 saturated carbocycles. The van der Waals surface area contributed by atoms with Gasteiger partial charge in [-0.3, -0.25) is 0 Å². The summed E-state index contributed by atoms with van der Waals surface area (Å²) in [5.74, 6) is 0.300. The molecule has 0 spiro atoms. The molecule has 2 aromatic heterocycles. The zero-order valence-electron chi connectivity index (χ0n) is 14.6. The number of hydrogen-bond donors (Lipinski definition) is 0. The van der Waals surface area contributed by atoms with Crippen molar-refractivity contribution in [1.29, 1.82) is 0 Å². The third-order valence-electron chi connectivity index (χ3n) is 3.79. The molecule has 6 heteroatoms. The van der Waals surface area contributed by atoms with Gasteiger partial charge in [-0.1, -0.05) is 39.0 Å². The van der Waals surface area contributed by atoms with Gasteiger partial charge in [0.1, 0.15) is 0 Å². The molecule has 0 N–H and O–H groups in total. The maximum atomic E-state index is 12.3. The quantitative estimate of drug-likeness (QED) is 0.615. The van der Waals surface area contributed by atoms with Crippen molar-refractivity contribution < 1.29 is 13.9 Å². The zero-order chi connectivity index (χ0) is 18.0. The topological polar surface area (TPSA) is 65.2 Å². The van der Waals surface area contributed by atoms with E-state index in [2.05, 4.69) is 31.0 Å². The Morgan fingerprint density at radius 3 is 2.48 bits per heavy atom. The Kier molecular flexibility index (Phi) is 4.72. The van der Waals surface area contributed by atoms with Crippen LogP contribution in [0, 0.1) is 0 Å². The van der Waals surface area contributed by atoms with Gasteiger partial charge in [-0.25, -0.2) is 4.79 Å². The van der Waals surface area contributed by atoms with Gasteiger partial charge in [0.2, 0.25) is 0 Å². The molecular formula is C19H20N2O3S. The van der Waals surface area contributed by atoms with E-state index in [1.165, 1.54) is 11.3 Å². The number of esters is 1. The fourth-order valence-corrected chi connectivity index (χ4v) is 2.93. The summed E-state index contributed by atoms with van der Waals surface area (Å²) in [5, 5.41) is 9.91. The van der Waals surface area contributed by atoms with Gasteiger partial charge < -0.3 is 9.15 Å². The number of aromatic nitrogens is 2. The lowest BCUT2D eigenvalue weighted by atomic mass is 9.87. The van der Waals surface area contributed by atoms with Gasteiger partial charge in [-0.2, -0.15) is 0 Å². The van der Waals surface area contributed by atoms with Crippen LogP contribution < -0.4 is 0 Å².